The van der Waals surface area contributed by atoms with Crippen molar-refractivity contribution in [2.45, 2.75) is 33.4 Å². The molecule has 5 heteroatoms. The first kappa shape index (κ1) is 19.6. The molecule has 0 aromatic heterocycles. The molecular weight excluding hydrogens is 320 g/mol. The molecule has 0 saturated heterocycles. The lowest BCUT2D eigenvalue weighted by atomic mass is 10.00. The Morgan fingerprint density at radius 1 is 1.00 bits per heavy atom. The summed E-state index contributed by atoms with van der Waals surface area (Å²) in [6.07, 6.45) is -0.874. The minimum Gasteiger partial charge on any atom is -0.387 e. The summed E-state index contributed by atoms with van der Waals surface area (Å²) in [5.41, 5.74) is 5.19. The van der Waals surface area contributed by atoms with E-state index in [2.05, 4.69) is 38.2 Å². The fraction of sp³-hybridized carbons (Fsp3) is 0.333. The van der Waals surface area contributed by atoms with E-state index < -0.39 is 17.7 Å². The van der Waals surface area contributed by atoms with Crippen LogP contribution in [0.4, 0.5) is 8.78 Å². The largest absolute Gasteiger partial charge is 0.387 e. The molecule has 0 saturated carbocycles. The SMILES string of the molecule is Cc1cc(C)c(CNCC(O)c2ccc(F)c(F)c2)c(C)c1.Cl. The molecule has 0 amide bonds. The molecule has 1 unspecified atom stereocenters. The molecule has 0 bridgehead atoms. The molecule has 2 nitrogen and oxygen atoms in total. The first-order valence-electron chi connectivity index (χ1n) is 7.29. The molecule has 126 valence electrons. The van der Waals surface area contributed by atoms with Crippen LogP contribution in [-0.2, 0) is 6.54 Å². The monoisotopic (exact) mass is 341 g/mol. The third kappa shape index (κ3) is 4.99. The standard InChI is InChI=1S/C18H21F2NO.ClH/c1-11-6-12(2)15(13(3)7-11)9-21-10-18(22)14-4-5-16(19)17(20)8-14;/h4-8,18,21-22H,9-10H2,1-3H3;1H. The number of aliphatic hydroxyl groups excluding tert-OH is 1. The predicted octanol–water partition coefficient (Wildman–Crippen LogP) is 4.14. The molecule has 0 aliphatic heterocycles. The molecule has 0 spiro atoms. The van der Waals surface area contributed by atoms with Gasteiger partial charge in [0.2, 0.25) is 0 Å². The van der Waals surface area contributed by atoms with E-state index in [1.165, 1.54) is 28.3 Å². The molecule has 2 N–H and O–H groups in total. The molecule has 0 fully saturated rings. The van der Waals surface area contributed by atoms with Crippen LogP contribution in [0.15, 0.2) is 30.3 Å². The number of hydrogen-bond acceptors (Lipinski definition) is 2. The predicted molar refractivity (Wildman–Crippen MR) is 90.9 cm³/mol. The van der Waals surface area contributed by atoms with Crippen LogP contribution < -0.4 is 5.32 Å². The molecule has 0 aliphatic rings. The highest BCUT2D eigenvalue weighted by molar-refractivity contribution is 5.85. The van der Waals surface area contributed by atoms with Crippen LogP contribution in [0.2, 0.25) is 0 Å². The normalized spacial score (nSPS) is 11.9. The van der Waals surface area contributed by atoms with E-state index in [1.807, 2.05) is 0 Å². The quantitative estimate of drug-likeness (QED) is 0.856. The number of aryl methyl sites for hydroxylation is 3. The topological polar surface area (TPSA) is 32.3 Å². The van der Waals surface area contributed by atoms with Crippen LogP contribution in [-0.4, -0.2) is 11.7 Å². The summed E-state index contributed by atoms with van der Waals surface area (Å²) in [6, 6.07) is 7.70. The molecule has 2 aromatic rings. The zero-order chi connectivity index (χ0) is 16.3. The first-order chi connectivity index (χ1) is 10.4. The van der Waals surface area contributed by atoms with Gasteiger partial charge in [0.25, 0.3) is 0 Å². The van der Waals surface area contributed by atoms with Crippen molar-refractivity contribution in [3.8, 4) is 0 Å². The van der Waals surface area contributed by atoms with Crippen LogP contribution in [0.3, 0.4) is 0 Å². The van der Waals surface area contributed by atoms with Gasteiger partial charge >= 0.3 is 0 Å². The second kappa shape index (κ2) is 8.39. The fourth-order valence-corrected chi connectivity index (χ4v) is 2.66. The smallest absolute Gasteiger partial charge is 0.159 e. The third-order valence-corrected chi connectivity index (χ3v) is 3.81. The number of aliphatic hydroxyl groups is 1. The molecule has 0 radical (unpaired) electrons. The summed E-state index contributed by atoms with van der Waals surface area (Å²) in [5, 5.41) is 13.2. The lowest BCUT2D eigenvalue weighted by Crippen LogP contribution is -2.22. The Hall–Kier alpha value is -1.49. The van der Waals surface area contributed by atoms with Crippen molar-refractivity contribution in [1.29, 1.82) is 0 Å². The van der Waals surface area contributed by atoms with E-state index in [4.69, 9.17) is 0 Å². The Morgan fingerprint density at radius 2 is 1.61 bits per heavy atom. The Bertz CT molecular complexity index is 653. The van der Waals surface area contributed by atoms with Gasteiger partial charge in [0.05, 0.1) is 6.10 Å². The average molecular weight is 342 g/mol. The van der Waals surface area contributed by atoms with Crippen molar-refractivity contribution in [1.82, 2.24) is 5.32 Å². The van der Waals surface area contributed by atoms with Gasteiger partial charge < -0.3 is 10.4 Å². The van der Waals surface area contributed by atoms with Crippen LogP contribution in [0.25, 0.3) is 0 Å². The number of hydrogen-bond donors (Lipinski definition) is 2. The maximum atomic E-state index is 13.2. The molecule has 0 aliphatic carbocycles. The average Bonchev–Trinajstić information content (AvgIpc) is 2.44. The minimum absolute atomic E-state index is 0. The van der Waals surface area contributed by atoms with Crippen molar-refractivity contribution < 1.29 is 13.9 Å². The van der Waals surface area contributed by atoms with Crippen molar-refractivity contribution in [2.75, 3.05) is 6.54 Å². The van der Waals surface area contributed by atoms with Crippen molar-refractivity contribution in [2.24, 2.45) is 0 Å². The molecule has 0 heterocycles. The number of nitrogens with one attached hydrogen (secondary N) is 1. The third-order valence-electron chi connectivity index (χ3n) is 3.81. The molecule has 23 heavy (non-hydrogen) atoms. The van der Waals surface area contributed by atoms with Crippen LogP contribution in [0, 0.1) is 32.4 Å². The van der Waals surface area contributed by atoms with E-state index in [0.717, 1.165) is 12.1 Å². The van der Waals surface area contributed by atoms with Gasteiger partial charge in [0, 0.05) is 13.1 Å². The van der Waals surface area contributed by atoms with Gasteiger partial charge in [-0.25, -0.2) is 8.78 Å². The molecule has 1 atom stereocenters. The van der Waals surface area contributed by atoms with E-state index >= 15 is 0 Å². The summed E-state index contributed by atoms with van der Waals surface area (Å²) < 4.78 is 26.0. The van der Waals surface area contributed by atoms with Gasteiger partial charge in [-0.3, -0.25) is 0 Å². The highest BCUT2D eigenvalue weighted by Crippen LogP contribution is 2.18. The van der Waals surface area contributed by atoms with Gasteiger partial charge in [0.15, 0.2) is 11.6 Å². The number of benzene rings is 2. The second-order valence-electron chi connectivity index (χ2n) is 5.70. The van der Waals surface area contributed by atoms with E-state index in [1.54, 1.807) is 0 Å². The van der Waals surface area contributed by atoms with Gasteiger partial charge in [-0.2, -0.15) is 0 Å². The van der Waals surface area contributed by atoms with Gasteiger partial charge in [-0.1, -0.05) is 23.8 Å². The summed E-state index contributed by atoms with van der Waals surface area (Å²) in [7, 11) is 0. The van der Waals surface area contributed by atoms with Crippen LogP contribution in [0.1, 0.15) is 33.9 Å². The highest BCUT2D eigenvalue weighted by atomic mass is 35.5. The number of rotatable bonds is 5. The van der Waals surface area contributed by atoms with E-state index in [9.17, 15) is 13.9 Å². The van der Waals surface area contributed by atoms with E-state index in [-0.39, 0.29) is 19.0 Å². The van der Waals surface area contributed by atoms with Crippen LogP contribution >= 0.6 is 12.4 Å². The fourth-order valence-electron chi connectivity index (χ4n) is 2.66. The zero-order valence-corrected chi connectivity index (χ0v) is 14.3. The summed E-state index contributed by atoms with van der Waals surface area (Å²) in [5.74, 6) is -1.85. The first-order valence-corrected chi connectivity index (χ1v) is 7.29. The van der Waals surface area contributed by atoms with Crippen LogP contribution in [0.5, 0.6) is 0 Å². The zero-order valence-electron chi connectivity index (χ0n) is 13.5. The molecule has 2 rings (SSSR count). The highest BCUT2D eigenvalue weighted by Gasteiger charge is 2.11. The lowest BCUT2D eigenvalue weighted by Gasteiger charge is -2.15. The summed E-state index contributed by atoms with van der Waals surface area (Å²) in [4.78, 5) is 0. The molecule has 2 aromatic carbocycles. The lowest BCUT2D eigenvalue weighted by molar-refractivity contribution is 0.173. The Kier molecular flexibility index (Phi) is 7.13. The second-order valence-corrected chi connectivity index (χ2v) is 5.70. The summed E-state index contributed by atoms with van der Waals surface area (Å²) in [6.45, 7) is 7.08. The minimum atomic E-state index is -0.943. The van der Waals surface area contributed by atoms with Gasteiger partial charge in [0.1, 0.15) is 0 Å². The Labute approximate surface area is 142 Å². The maximum Gasteiger partial charge on any atom is 0.159 e. The van der Waals surface area contributed by atoms with Gasteiger partial charge in [-0.05, 0) is 55.2 Å². The van der Waals surface area contributed by atoms with Crippen molar-refractivity contribution in [3.05, 3.63) is 69.8 Å². The summed E-state index contributed by atoms with van der Waals surface area (Å²) >= 11 is 0. The Morgan fingerprint density at radius 3 is 2.17 bits per heavy atom. The van der Waals surface area contributed by atoms with Gasteiger partial charge in [-0.15, -0.1) is 12.4 Å². The van der Waals surface area contributed by atoms with Crippen molar-refractivity contribution >= 4 is 12.4 Å². The maximum absolute atomic E-state index is 13.2. The van der Waals surface area contributed by atoms with Crippen molar-refractivity contribution in [3.63, 3.8) is 0 Å². The Balaban J connectivity index is 0.00000264. The van der Waals surface area contributed by atoms with E-state index in [0.29, 0.717) is 12.1 Å². The molecular formula is C18H22ClF2NO. The number of halogens is 3.